The zero-order valence-electron chi connectivity index (χ0n) is 10.5. The molecule has 2 nitrogen and oxygen atoms in total. The Bertz CT molecular complexity index is 659. The van der Waals surface area contributed by atoms with Crippen LogP contribution in [-0.4, -0.2) is 0 Å². The molecule has 0 fully saturated rings. The van der Waals surface area contributed by atoms with Gasteiger partial charge in [-0.2, -0.15) is 13.2 Å². The van der Waals surface area contributed by atoms with Crippen molar-refractivity contribution in [2.75, 3.05) is 0 Å². The molecule has 0 spiro atoms. The highest BCUT2D eigenvalue weighted by Crippen LogP contribution is 2.37. The molecule has 7 heteroatoms. The Hall–Kier alpha value is -1.43. The molecule has 2 N–H and O–H groups in total. The van der Waals surface area contributed by atoms with Crippen molar-refractivity contribution >= 4 is 23.2 Å². The van der Waals surface area contributed by atoms with Crippen LogP contribution >= 0.6 is 23.2 Å². The van der Waals surface area contributed by atoms with Gasteiger partial charge in [0, 0.05) is 17.6 Å². The smallest absolute Gasteiger partial charge is 0.416 e. The first kappa shape index (κ1) is 15.9. The van der Waals surface area contributed by atoms with Crippen LogP contribution in [0, 0.1) is 0 Å². The number of alkyl halides is 3. The molecule has 0 bridgehead atoms. The number of benzene rings is 2. The van der Waals surface area contributed by atoms with E-state index in [1.807, 2.05) is 0 Å². The van der Waals surface area contributed by atoms with Crippen molar-refractivity contribution in [1.82, 2.24) is 0 Å². The summed E-state index contributed by atoms with van der Waals surface area (Å²) in [6, 6.07) is 8.03. The predicted molar refractivity (Wildman–Crippen MR) is 75.9 cm³/mol. The van der Waals surface area contributed by atoms with Crippen LogP contribution < -0.4 is 10.5 Å². The molecule has 2 aromatic carbocycles. The molecule has 0 aliphatic heterocycles. The van der Waals surface area contributed by atoms with Crippen LogP contribution in [0.1, 0.15) is 11.1 Å². The van der Waals surface area contributed by atoms with Gasteiger partial charge in [-0.1, -0.05) is 29.3 Å². The van der Waals surface area contributed by atoms with E-state index in [1.165, 1.54) is 24.3 Å². The summed E-state index contributed by atoms with van der Waals surface area (Å²) in [5, 5.41) is 0.611. The van der Waals surface area contributed by atoms with Crippen LogP contribution in [0.4, 0.5) is 13.2 Å². The minimum atomic E-state index is -4.51. The van der Waals surface area contributed by atoms with Crippen LogP contribution in [0.5, 0.6) is 11.5 Å². The first-order valence-corrected chi connectivity index (χ1v) is 6.60. The molecule has 0 aromatic heterocycles. The normalized spacial score (nSPS) is 11.5. The Balaban J connectivity index is 2.39. The quantitative estimate of drug-likeness (QED) is 0.829. The molecule has 0 amide bonds. The molecule has 2 aromatic rings. The first-order chi connectivity index (χ1) is 9.81. The Morgan fingerprint density at radius 1 is 1.05 bits per heavy atom. The Labute approximate surface area is 129 Å². The van der Waals surface area contributed by atoms with Crippen molar-refractivity contribution < 1.29 is 17.9 Å². The van der Waals surface area contributed by atoms with Gasteiger partial charge in [-0.05, 0) is 29.8 Å². The molecule has 0 atom stereocenters. The molecule has 0 saturated heterocycles. The SMILES string of the molecule is NCc1ccc(Oc2cc(Cl)ccc2Cl)cc1C(F)(F)F. The van der Waals surface area contributed by atoms with Gasteiger partial charge in [0.05, 0.1) is 10.6 Å². The summed E-state index contributed by atoms with van der Waals surface area (Å²) in [4.78, 5) is 0. The predicted octanol–water partition coefficient (Wildman–Crippen LogP) is 5.26. The molecule has 0 aliphatic carbocycles. The van der Waals surface area contributed by atoms with Crippen LogP contribution in [0.15, 0.2) is 36.4 Å². The van der Waals surface area contributed by atoms with Gasteiger partial charge in [0.2, 0.25) is 0 Å². The third-order valence-electron chi connectivity index (χ3n) is 2.73. The van der Waals surface area contributed by atoms with E-state index in [0.717, 1.165) is 6.07 Å². The van der Waals surface area contributed by atoms with E-state index in [-0.39, 0.29) is 28.6 Å². The summed E-state index contributed by atoms with van der Waals surface area (Å²) in [6.07, 6.45) is -4.51. The van der Waals surface area contributed by atoms with Crippen LogP contribution in [0.2, 0.25) is 10.0 Å². The van der Waals surface area contributed by atoms with Crippen LogP contribution in [0.3, 0.4) is 0 Å². The van der Waals surface area contributed by atoms with Crippen molar-refractivity contribution in [3.8, 4) is 11.5 Å². The Kier molecular flexibility index (Phi) is 4.66. The summed E-state index contributed by atoms with van der Waals surface area (Å²) >= 11 is 11.7. The summed E-state index contributed by atoms with van der Waals surface area (Å²) in [5.74, 6) is 0.182. The number of rotatable bonds is 3. The molecular weight excluding hydrogens is 326 g/mol. The lowest BCUT2D eigenvalue weighted by atomic mass is 10.1. The fourth-order valence-electron chi connectivity index (χ4n) is 1.74. The van der Waals surface area contributed by atoms with Gasteiger partial charge in [0.25, 0.3) is 0 Å². The summed E-state index contributed by atoms with van der Waals surface area (Å²) in [6.45, 7) is -0.215. The van der Waals surface area contributed by atoms with Crippen LogP contribution in [-0.2, 0) is 12.7 Å². The van der Waals surface area contributed by atoms with Gasteiger partial charge in [0.1, 0.15) is 11.5 Å². The highest BCUT2D eigenvalue weighted by atomic mass is 35.5. The Morgan fingerprint density at radius 2 is 1.76 bits per heavy atom. The maximum Gasteiger partial charge on any atom is 0.416 e. The lowest BCUT2D eigenvalue weighted by Gasteiger charge is -2.14. The fraction of sp³-hybridized carbons (Fsp3) is 0.143. The first-order valence-electron chi connectivity index (χ1n) is 5.84. The highest BCUT2D eigenvalue weighted by Gasteiger charge is 2.33. The maximum atomic E-state index is 12.9. The lowest BCUT2D eigenvalue weighted by molar-refractivity contribution is -0.138. The van der Waals surface area contributed by atoms with Crippen molar-refractivity contribution in [2.24, 2.45) is 5.73 Å². The number of nitrogens with two attached hydrogens (primary N) is 1. The van der Waals surface area contributed by atoms with Gasteiger partial charge < -0.3 is 10.5 Å². The maximum absolute atomic E-state index is 12.9. The monoisotopic (exact) mass is 335 g/mol. The molecule has 0 heterocycles. The highest BCUT2D eigenvalue weighted by molar-refractivity contribution is 6.34. The fourth-order valence-corrected chi connectivity index (χ4v) is 2.06. The van der Waals surface area contributed by atoms with E-state index in [0.29, 0.717) is 5.02 Å². The van der Waals surface area contributed by atoms with E-state index < -0.39 is 11.7 Å². The van der Waals surface area contributed by atoms with Gasteiger partial charge in [0.15, 0.2) is 0 Å². The lowest BCUT2D eigenvalue weighted by Crippen LogP contribution is -2.12. The average Bonchev–Trinajstić information content (AvgIpc) is 2.42. The van der Waals surface area contributed by atoms with Gasteiger partial charge in [-0.3, -0.25) is 0 Å². The van der Waals surface area contributed by atoms with E-state index >= 15 is 0 Å². The minimum absolute atomic E-state index is 0.00342. The number of ether oxygens (including phenoxy) is 1. The second kappa shape index (κ2) is 6.13. The molecule has 0 saturated carbocycles. The summed E-state index contributed by atoms with van der Waals surface area (Å²) < 4.78 is 44.2. The van der Waals surface area contributed by atoms with Crippen molar-refractivity contribution in [1.29, 1.82) is 0 Å². The van der Waals surface area contributed by atoms with Crippen LogP contribution in [0.25, 0.3) is 0 Å². The molecule has 112 valence electrons. The Morgan fingerprint density at radius 3 is 2.38 bits per heavy atom. The molecule has 21 heavy (non-hydrogen) atoms. The van der Waals surface area contributed by atoms with Crippen molar-refractivity contribution in [2.45, 2.75) is 12.7 Å². The molecule has 0 radical (unpaired) electrons. The third-order valence-corrected chi connectivity index (χ3v) is 3.28. The van der Waals surface area contributed by atoms with Gasteiger partial charge >= 0.3 is 6.18 Å². The summed E-state index contributed by atoms with van der Waals surface area (Å²) in [7, 11) is 0. The van der Waals surface area contributed by atoms with Gasteiger partial charge in [-0.15, -0.1) is 0 Å². The zero-order chi connectivity index (χ0) is 15.6. The average molecular weight is 336 g/mol. The minimum Gasteiger partial charge on any atom is -0.456 e. The standard InChI is InChI=1S/C14H10Cl2F3NO/c15-9-2-4-12(16)13(5-9)21-10-3-1-8(7-20)11(6-10)14(17,18)19/h1-6H,7,20H2. The molecular formula is C14H10Cl2F3NO. The van der Waals surface area contributed by atoms with E-state index in [9.17, 15) is 13.2 Å². The molecule has 0 unspecified atom stereocenters. The van der Waals surface area contributed by atoms with E-state index in [4.69, 9.17) is 33.7 Å². The third kappa shape index (κ3) is 3.81. The van der Waals surface area contributed by atoms with Crippen molar-refractivity contribution in [3.05, 3.63) is 57.6 Å². The van der Waals surface area contributed by atoms with E-state index in [1.54, 1.807) is 6.07 Å². The second-order valence-corrected chi connectivity index (χ2v) is 5.04. The number of halogens is 5. The topological polar surface area (TPSA) is 35.2 Å². The van der Waals surface area contributed by atoms with Crippen molar-refractivity contribution in [3.63, 3.8) is 0 Å². The molecule has 0 aliphatic rings. The largest absolute Gasteiger partial charge is 0.456 e. The van der Waals surface area contributed by atoms with Gasteiger partial charge in [-0.25, -0.2) is 0 Å². The molecule has 2 rings (SSSR count). The summed E-state index contributed by atoms with van der Waals surface area (Å²) in [5.41, 5.74) is 4.47. The second-order valence-electron chi connectivity index (χ2n) is 4.20. The zero-order valence-corrected chi connectivity index (χ0v) is 12.1. The number of hydrogen-bond donors (Lipinski definition) is 1. The van der Waals surface area contributed by atoms with E-state index in [2.05, 4.69) is 0 Å². The number of hydrogen-bond acceptors (Lipinski definition) is 2.